The Kier molecular flexibility index (Phi) is 5.75. The van der Waals surface area contributed by atoms with Gasteiger partial charge in [-0.05, 0) is 42.7 Å². The Morgan fingerprint density at radius 3 is 2.93 bits per heavy atom. The average molecular weight is 450 g/mol. The Labute approximate surface area is 179 Å². The van der Waals surface area contributed by atoms with Crippen LogP contribution in [0.2, 0.25) is 0 Å². The zero-order valence-electron chi connectivity index (χ0n) is 15.9. The number of carbonyl (C=O) groups is 2. The van der Waals surface area contributed by atoms with Crippen molar-refractivity contribution in [2.75, 3.05) is 18.2 Å². The van der Waals surface area contributed by atoms with Crippen molar-refractivity contribution in [3.63, 3.8) is 0 Å². The number of nitrogens with one attached hydrogen (secondary N) is 1. The van der Waals surface area contributed by atoms with Crippen molar-refractivity contribution in [2.24, 2.45) is 7.05 Å². The van der Waals surface area contributed by atoms with E-state index in [1.165, 1.54) is 46.1 Å². The summed E-state index contributed by atoms with van der Waals surface area (Å²) < 4.78 is 7.00. The Bertz CT molecular complexity index is 1160. The zero-order valence-corrected chi connectivity index (χ0v) is 18.4. The molecule has 0 atom stereocenters. The van der Waals surface area contributed by atoms with E-state index in [4.69, 9.17) is 4.74 Å². The van der Waals surface area contributed by atoms with E-state index in [1.54, 1.807) is 13.1 Å². The van der Waals surface area contributed by atoms with E-state index < -0.39 is 5.97 Å². The van der Waals surface area contributed by atoms with Crippen molar-refractivity contribution in [3.8, 4) is 0 Å². The number of esters is 1. The van der Waals surface area contributed by atoms with Gasteiger partial charge in [-0.3, -0.25) is 14.2 Å². The van der Waals surface area contributed by atoms with Gasteiger partial charge in [0.2, 0.25) is 5.91 Å². The van der Waals surface area contributed by atoms with Gasteiger partial charge in [0.25, 0.3) is 5.56 Å². The van der Waals surface area contributed by atoms with Crippen LogP contribution in [0.5, 0.6) is 0 Å². The van der Waals surface area contributed by atoms with Crippen molar-refractivity contribution >= 4 is 61.5 Å². The third kappa shape index (κ3) is 3.84. The molecule has 1 aliphatic rings. The van der Waals surface area contributed by atoms with Crippen LogP contribution in [-0.4, -0.2) is 34.3 Å². The van der Waals surface area contributed by atoms with E-state index >= 15 is 0 Å². The molecule has 29 heavy (non-hydrogen) atoms. The minimum Gasteiger partial charge on any atom is -0.465 e. The third-order valence-corrected chi connectivity index (χ3v) is 7.92. The molecule has 3 heterocycles. The molecule has 0 bridgehead atoms. The molecule has 0 saturated carbocycles. The summed E-state index contributed by atoms with van der Waals surface area (Å²) >= 11 is 4.00. The Balaban J connectivity index is 1.52. The van der Waals surface area contributed by atoms with Gasteiger partial charge in [0.15, 0.2) is 5.16 Å². The van der Waals surface area contributed by atoms with Crippen LogP contribution in [0.3, 0.4) is 0 Å². The minimum atomic E-state index is -0.417. The SMILES string of the molecule is COC(=O)c1c(NC(=O)CSc2nc3ccsc3c(=O)n2C)sc2c1CCCC2. The number of ether oxygens (including phenoxy) is 1. The predicted octanol–water partition coefficient (Wildman–Crippen LogP) is 3.45. The first kappa shape index (κ1) is 20.1. The maximum atomic E-state index is 12.6. The van der Waals surface area contributed by atoms with Crippen molar-refractivity contribution < 1.29 is 14.3 Å². The Hall–Kier alpha value is -2.17. The van der Waals surface area contributed by atoms with Crippen LogP contribution in [0.15, 0.2) is 21.4 Å². The molecule has 4 rings (SSSR count). The van der Waals surface area contributed by atoms with Crippen LogP contribution in [0.4, 0.5) is 5.00 Å². The van der Waals surface area contributed by atoms with E-state index in [9.17, 15) is 14.4 Å². The van der Waals surface area contributed by atoms with Gasteiger partial charge in [-0.2, -0.15) is 0 Å². The topological polar surface area (TPSA) is 90.3 Å². The van der Waals surface area contributed by atoms with E-state index in [1.807, 2.05) is 5.38 Å². The number of hydrogen-bond donors (Lipinski definition) is 1. The summed E-state index contributed by atoms with van der Waals surface area (Å²) in [5.41, 5.74) is 2.01. The molecular formula is C19H19N3O4S3. The molecule has 0 unspecified atom stereocenters. The van der Waals surface area contributed by atoms with Crippen molar-refractivity contribution in [3.05, 3.63) is 37.8 Å². The van der Waals surface area contributed by atoms with Gasteiger partial charge in [0.1, 0.15) is 9.70 Å². The Morgan fingerprint density at radius 1 is 1.34 bits per heavy atom. The van der Waals surface area contributed by atoms with Crippen LogP contribution < -0.4 is 10.9 Å². The lowest BCUT2D eigenvalue weighted by atomic mass is 9.95. The summed E-state index contributed by atoms with van der Waals surface area (Å²) in [6.07, 6.45) is 3.86. The number of rotatable bonds is 5. The van der Waals surface area contributed by atoms with E-state index in [2.05, 4.69) is 10.3 Å². The maximum Gasteiger partial charge on any atom is 0.341 e. The predicted molar refractivity (Wildman–Crippen MR) is 117 cm³/mol. The second kappa shape index (κ2) is 8.29. The van der Waals surface area contributed by atoms with E-state index in [-0.39, 0.29) is 17.2 Å². The molecule has 10 heteroatoms. The van der Waals surface area contributed by atoms with Crippen LogP contribution in [0.1, 0.15) is 33.6 Å². The second-order valence-electron chi connectivity index (χ2n) is 6.64. The standard InChI is InChI=1S/C19H19N3O4S3/c1-22-17(24)15-11(7-8-27-15)20-19(22)28-9-13(23)21-16-14(18(25)26-2)10-5-3-4-6-12(10)29-16/h7-8H,3-6,9H2,1-2H3,(H,21,23). The first-order valence-electron chi connectivity index (χ1n) is 9.09. The molecule has 1 aliphatic carbocycles. The first-order valence-corrected chi connectivity index (χ1v) is 11.8. The highest BCUT2D eigenvalue weighted by Crippen LogP contribution is 2.38. The zero-order chi connectivity index (χ0) is 20.5. The number of fused-ring (bicyclic) bond motifs is 2. The van der Waals surface area contributed by atoms with Crippen LogP contribution >= 0.6 is 34.4 Å². The fourth-order valence-electron chi connectivity index (χ4n) is 3.36. The number of anilines is 1. The van der Waals surface area contributed by atoms with Gasteiger partial charge in [0.05, 0.1) is 23.9 Å². The summed E-state index contributed by atoms with van der Waals surface area (Å²) in [7, 11) is 3.00. The average Bonchev–Trinajstić information content (AvgIpc) is 3.33. The molecule has 0 aromatic carbocycles. The quantitative estimate of drug-likeness (QED) is 0.365. The molecule has 0 saturated heterocycles. The van der Waals surface area contributed by atoms with Gasteiger partial charge in [-0.15, -0.1) is 22.7 Å². The summed E-state index contributed by atoms with van der Waals surface area (Å²) in [6.45, 7) is 0. The van der Waals surface area contributed by atoms with Crippen molar-refractivity contribution in [1.29, 1.82) is 0 Å². The van der Waals surface area contributed by atoms with E-state index in [0.29, 0.717) is 25.9 Å². The fourth-order valence-corrected chi connectivity index (χ4v) is 6.23. The molecule has 0 spiro atoms. The lowest BCUT2D eigenvalue weighted by Crippen LogP contribution is -2.21. The van der Waals surface area contributed by atoms with E-state index in [0.717, 1.165) is 36.1 Å². The number of aryl methyl sites for hydroxylation is 1. The highest BCUT2D eigenvalue weighted by atomic mass is 32.2. The van der Waals surface area contributed by atoms with Gasteiger partial charge >= 0.3 is 5.97 Å². The van der Waals surface area contributed by atoms with Crippen molar-refractivity contribution in [1.82, 2.24) is 9.55 Å². The normalized spacial score (nSPS) is 13.3. The molecular weight excluding hydrogens is 430 g/mol. The smallest absolute Gasteiger partial charge is 0.341 e. The lowest BCUT2D eigenvalue weighted by Gasteiger charge is -2.11. The second-order valence-corrected chi connectivity index (χ2v) is 9.60. The number of methoxy groups -OCH3 is 1. The molecule has 1 amide bonds. The van der Waals surface area contributed by atoms with Crippen molar-refractivity contribution in [2.45, 2.75) is 30.8 Å². The molecule has 152 valence electrons. The molecule has 3 aromatic rings. The number of carbonyl (C=O) groups excluding carboxylic acids is 2. The first-order chi connectivity index (χ1) is 14.0. The third-order valence-electron chi connectivity index (χ3n) is 4.79. The highest BCUT2D eigenvalue weighted by molar-refractivity contribution is 7.99. The molecule has 0 radical (unpaired) electrons. The van der Waals surface area contributed by atoms with Crippen LogP contribution in [-0.2, 0) is 29.4 Å². The number of amides is 1. The van der Waals surface area contributed by atoms with Gasteiger partial charge in [0, 0.05) is 11.9 Å². The number of thiophene rings is 2. The van der Waals surface area contributed by atoms with Gasteiger partial charge in [-0.1, -0.05) is 11.8 Å². The number of aromatic nitrogens is 2. The minimum absolute atomic E-state index is 0.0824. The largest absolute Gasteiger partial charge is 0.465 e. The molecule has 7 nitrogen and oxygen atoms in total. The summed E-state index contributed by atoms with van der Waals surface area (Å²) in [5, 5.41) is 5.72. The van der Waals surface area contributed by atoms with Gasteiger partial charge < -0.3 is 10.1 Å². The monoisotopic (exact) mass is 449 g/mol. The number of nitrogens with zero attached hydrogens (tertiary/aromatic N) is 2. The van der Waals surface area contributed by atoms with Crippen LogP contribution in [0, 0.1) is 0 Å². The van der Waals surface area contributed by atoms with Crippen LogP contribution in [0.25, 0.3) is 10.2 Å². The Morgan fingerprint density at radius 2 is 2.14 bits per heavy atom. The number of hydrogen-bond acceptors (Lipinski definition) is 8. The summed E-state index contributed by atoms with van der Waals surface area (Å²) in [6, 6.07) is 1.80. The number of thioether (sulfide) groups is 1. The molecule has 3 aromatic heterocycles. The highest BCUT2D eigenvalue weighted by Gasteiger charge is 2.27. The van der Waals surface area contributed by atoms with Gasteiger partial charge in [-0.25, -0.2) is 9.78 Å². The summed E-state index contributed by atoms with van der Waals surface area (Å²) in [4.78, 5) is 42.9. The lowest BCUT2D eigenvalue weighted by molar-refractivity contribution is -0.113. The fraction of sp³-hybridized carbons (Fsp3) is 0.368. The summed E-state index contributed by atoms with van der Waals surface area (Å²) in [5.74, 6) is -0.586. The molecule has 0 fully saturated rings. The maximum absolute atomic E-state index is 12.6. The molecule has 1 N–H and O–H groups in total. The molecule has 0 aliphatic heterocycles.